The lowest BCUT2D eigenvalue weighted by Gasteiger charge is -2.10. The first kappa shape index (κ1) is 20.3. The molecule has 0 unspecified atom stereocenters. The quantitative estimate of drug-likeness (QED) is 0.503. The highest BCUT2D eigenvalue weighted by atomic mass is 19.1. The molecule has 0 saturated heterocycles. The molecule has 0 aliphatic heterocycles. The van der Waals surface area contributed by atoms with E-state index in [0.29, 0.717) is 11.5 Å². The number of amides is 1. The summed E-state index contributed by atoms with van der Waals surface area (Å²) in [6.07, 6.45) is 3.57. The lowest BCUT2D eigenvalue weighted by Crippen LogP contribution is -2.17. The number of methoxy groups -OCH3 is 1. The predicted octanol–water partition coefficient (Wildman–Crippen LogP) is 4.48. The SMILES string of the molecule is COc1ccc(CC(=O)Nc2c(-c3ccncc3)c(-c3ccc(F)cc3)nn2C)cc1. The van der Waals surface area contributed by atoms with Crippen LogP contribution in [0.3, 0.4) is 0 Å². The maximum absolute atomic E-state index is 13.4. The number of halogens is 1. The number of benzene rings is 2. The van der Waals surface area contributed by atoms with Crippen molar-refractivity contribution in [1.82, 2.24) is 14.8 Å². The highest BCUT2D eigenvalue weighted by Crippen LogP contribution is 2.37. The van der Waals surface area contributed by atoms with Gasteiger partial charge < -0.3 is 10.1 Å². The molecule has 2 heterocycles. The van der Waals surface area contributed by atoms with Crippen molar-refractivity contribution >= 4 is 11.7 Å². The number of aromatic nitrogens is 3. The molecule has 2 aromatic heterocycles. The molecule has 0 atom stereocenters. The van der Waals surface area contributed by atoms with Crippen LogP contribution in [0.5, 0.6) is 5.75 Å². The molecule has 31 heavy (non-hydrogen) atoms. The molecule has 7 heteroatoms. The van der Waals surface area contributed by atoms with Gasteiger partial charge in [0.05, 0.1) is 19.1 Å². The molecule has 6 nitrogen and oxygen atoms in total. The number of nitrogens with zero attached hydrogens (tertiary/aromatic N) is 3. The Morgan fingerprint density at radius 2 is 1.68 bits per heavy atom. The van der Waals surface area contributed by atoms with Crippen LogP contribution in [0.2, 0.25) is 0 Å². The van der Waals surface area contributed by atoms with Gasteiger partial charge in [-0.1, -0.05) is 12.1 Å². The van der Waals surface area contributed by atoms with E-state index in [4.69, 9.17) is 4.74 Å². The van der Waals surface area contributed by atoms with E-state index in [1.165, 1.54) is 12.1 Å². The lowest BCUT2D eigenvalue weighted by molar-refractivity contribution is -0.115. The molecule has 0 saturated carbocycles. The third kappa shape index (κ3) is 4.45. The number of anilines is 1. The van der Waals surface area contributed by atoms with E-state index < -0.39 is 0 Å². The highest BCUT2D eigenvalue weighted by Gasteiger charge is 2.21. The summed E-state index contributed by atoms with van der Waals surface area (Å²) >= 11 is 0. The van der Waals surface area contributed by atoms with Gasteiger partial charge in [0.1, 0.15) is 23.1 Å². The van der Waals surface area contributed by atoms with E-state index in [1.54, 1.807) is 43.4 Å². The number of aryl methyl sites for hydroxylation is 1. The van der Waals surface area contributed by atoms with Gasteiger partial charge in [0.25, 0.3) is 0 Å². The molecule has 0 aliphatic carbocycles. The number of carbonyl (C=O) groups excluding carboxylic acids is 1. The number of ether oxygens (including phenoxy) is 1. The Morgan fingerprint density at radius 1 is 1.00 bits per heavy atom. The van der Waals surface area contributed by atoms with Crippen LogP contribution in [-0.2, 0) is 18.3 Å². The van der Waals surface area contributed by atoms with Gasteiger partial charge in [0.15, 0.2) is 0 Å². The summed E-state index contributed by atoms with van der Waals surface area (Å²) in [5, 5.41) is 7.60. The Bertz CT molecular complexity index is 1190. The van der Waals surface area contributed by atoms with Crippen molar-refractivity contribution in [1.29, 1.82) is 0 Å². The molecule has 1 N–H and O–H groups in total. The van der Waals surface area contributed by atoms with Gasteiger partial charge in [0.2, 0.25) is 5.91 Å². The smallest absolute Gasteiger partial charge is 0.229 e. The molecule has 0 aliphatic rings. The summed E-state index contributed by atoms with van der Waals surface area (Å²) in [6.45, 7) is 0. The summed E-state index contributed by atoms with van der Waals surface area (Å²) in [7, 11) is 3.37. The van der Waals surface area contributed by atoms with E-state index >= 15 is 0 Å². The standard InChI is InChI=1S/C24H21FN4O2/c1-29-24(27-21(30)15-16-3-9-20(31-2)10-4-16)22(17-11-13-26-14-12-17)23(28-29)18-5-7-19(25)8-6-18/h3-14H,15H2,1-2H3,(H,27,30). The van der Waals surface area contributed by atoms with Crippen LogP contribution in [0.25, 0.3) is 22.4 Å². The van der Waals surface area contributed by atoms with Gasteiger partial charge in [0, 0.05) is 25.0 Å². The zero-order valence-electron chi connectivity index (χ0n) is 17.2. The normalized spacial score (nSPS) is 10.7. The van der Waals surface area contributed by atoms with E-state index in [0.717, 1.165) is 28.0 Å². The first-order chi connectivity index (χ1) is 15.0. The molecule has 0 spiro atoms. The molecule has 1 amide bonds. The van der Waals surface area contributed by atoms with Gasteiger partial charge in [-0.25, -0.2) is 4.39 Å². The number of hydrogen-bond donors (Lipinski definition) is 1. The minimum Gasteiger partial charge on any atom is -0.497 e. The van der Waals surface area contributed by atoms with Crippen LogP contribution in [0.4, 0.5) is 10.2 Å². The summed E-state index contributed by atoms with van der Waals surface area (Å²) in [5.74, 6) is 0.802. The first-order valence-electron chi connectivity index (χ1n) is 9.71. The molecule has 156 valence electrons. The van der Waals surface area contributed by atoms with Crippen LogP contribution < -0.4 is 10.1 Å². The maximum Gasteiger partial charge on any atom is 0.229 e. The van der Waals surface area contributed by atoms with Gasteiger partial charge in [-0.05, 0) is 59.7 Å². The van der Waals surface area contributed by atoms with Crippen LogP contribution in [-0.4, -0.2) is 27.8 Å². The second-order valence-corrected chi connectivity index (χ2v) is 7.01. The van der Waals surface area contributed by atoms with Gasteiger partial charge in [-0.15, -0.1) is 0 Å². The largest absolute Gasteiger partial charge is 0.497 e. The first-order valence-corrected chi connectivity index (χ1v) is 9.71. The summed E-state index contributed by atoms with van der Waals surface area (Å²) in [4.78, 5) is 16.9. The van der Waals surface area contributed by atoms with Crippen molar-refractivity contribution in [3.8, 4) is 28.1 Å². The average Bonchev–Trinajstić information content (AvgIpc) is 3.11. The zero-order chi connectivity index (χ0) is 21.8. The third-order valence-electron chi connectivity index (χ3n) is 4.92. The molecular weight excluding hydrogens is 395 g/mol. The monoisotopic (exact) mass is 416 g/mol. The van der Waals surface area contributed by atoms with Crippen LogP contribution >= 0.6 is 0 Å². The minimum absolute atomic E-state index is 0.172. The Hall–Kier alpha value is -4.00. The van der Waals surface area contributed by atoms with Gasteiger partial charge in [-0.2, -0.15) is 5.10 Å². The van der Waals surface area contributed by atoms with Gasteiger partial charge in [-0.3, -0.25) is 14.5 Å². The Labute approximate surface area is 179 Å². The Balaban J connectivity index is 1.69. The zero-order valence-corrected chi connectivity index (χ0v) is 17.2. The fourth-order valence-electron chi connectivity index (χ4n) is 3.37. The molecular formula is C24H21FN4O2. The molecule has 0 radical (unpaired) electrons. The van der Waals surface area contributed by atoms with Crippen molar-refractivity contribution in [2.75, 3.05) is 12.4 Å². The number of carbonyl (C=O) groups is 1. The summed E-state index contributed by atoms with van der Waals surface area (Å²) in [6, 6.07) is 17.2. The lowest BCUT2D eigenvalue weighted by atomic mass is 10.0. The Morgan fingerprint density at radius 3 is 2.32 bits per heavy atom. The summed E-state index contributed by atoms with van der Waals surface area (Å²) < 4.78 is 20.2. The maximum atomic E-state index is 13.4. The number of nitrogens with one attached hydrogen (secondary N) is 1. The Kier molecular flexibility index (Phi) is 5.75. The van der Waals surface area contributed by atoms with Crippen molar-refractivity contribution in [3.05, 3.63) is 84.4 Å². The predicted molar refractivity (Wildman–Crippen MR) is 117 cm³/mol. The topological polar surface area (TPSA) is 69.0 Å². The van der Waals surface area contributed by atoms with E-state index in [9.17, 15) is 9.18 Å². The minimum atomic E-state index is -0.321. The van der Waals surface area contributed by atoms with E-state index in [2.05, 4.69) is 15.4 Å². The van der Waals surface area contributed by atoms with Crippen LogP contribution in [0.1, 0.15) is 5.56 Å². The molecule has 2 aromatic carbocycles. The van der Waals surface area contributed by atoms with Crippen molar-refractivity contribution in [2.24, 2.45) is 7.05 Å². The van der Waals surface area contributed by atoms with E-state index in [-0.39, 0.29) is 18.1 Å². The van der Waals surface area contributed by atoms with Crippen molar-refractivity contribution < 1.29 is 13.9 Å². The van der Waals surface area contributed by atoms with Crippen molar-refractivity contribution in [3.63, 3.8) is 0 Å². The average molecular weight is 416 g/mol. The number of hydrogen-bond acceptors (Lipinski definition) is 4. The second-order valence-electron chi connectivity index (χ2n) is 7.01. The molecule has 4 aromatic rings. The molecule has 0 fully saturated rings. The molecule has 4 rings (SSSR count). The summed E-state index contributed by atoms with van der Waals surface area (Å²) in [5.41, 5.74) is 3.86. The number of pyridine rings is 1. The molecule has 0 bridgehead atoms. The fourth-order valence-corrected chi connectivity index (χ4v) is 3.37. The number of rotatable bonds is 6. The van der Waals surface area contributed by atoms with Gasteiger partial charge >= 0.3 is 0 Å². The van der Waals surface area contributed by atoms with E-state index in [1.807, 2.05) is 36.4 Å². The van der Waals surface area contributed by atoms with Crippen molar-refractivity contribution in [2.45, 2.75) is 6.42 Å². The van der Waals surface area contributed by atoms with Crippen LogP contribution in [0.15, 0.2) is 73.1 Å². The highest BCUT2D eigenvalue weighted by molar-refractivity contribution is 5.99. The second kappa shape index (κ2) is 8.79. The fraction of sp³-hybridized carbons (Fsp3) is 0.125. The third-order valence-corrected chi connectivity index (χ3v) is 4.92. The van der Waals surface area contributed by atoms with Crippen LogP contribution in [0, 0.1) is 5.82 Å².